The number of amides is 1. The van der Waals surface area contributed by atoms with Crippen LogP contribution in [0.25, 0.3) is 0 Å². The van der Waals surface area contributed by atoms with Crippen molar-refractivity contribution < 1.29 is 27.1 Å². The van der Waals surface area contributed by atoms with Crippen LogP contribution in [0.2, 0.25) is 0 Å². The predicted molar refractivity (Wildman–Crippen MR) is 87.7 cm³/mol. The number of esters is 1. The van der Waals surface area contributed by atoms with Crippen molar-refractivity contribution in [2.75, 3.05) is 5.32 Å². The van der Waals surface area contributed by atoms with Gasteiger partial charge in [0.2, 0.25) is 10.0 Å². The molecule has 25 heavy (non-hydrogen) atoms. The van der Waals surface area contributed by atoms with Gasteiger partial charge in [0, 0.05) is 5.69 Å². The summed E-state index contributed by atoms with van der Waals surface area (Å²) in [6.45, 7) is 1.37. The van der Waals surface area contributed by atoms with Crippen molar-refractivity contribution in [3.8, 4) is 0 Å². The molecule has 0 aliphatic carbocycles. The second-order valence-electron chi connectivity index (χ2n) is 5.11. The summed E-state index contributed by atoms with van der Waals surface area (Å²) in [7, 11) is -3.82. The summed E-state index contributed by atoms with van der Waals surface area (Å²) in [6, 6.07) is 9.88. The van der Waals surface area contributed by atoms with Gasteiger partial charge in [0.05, 0.1) is 10.5 Å². The highest BCUT2D eigenvalue weighted by Crippen LogP contribution is 2.14. The zero-order chi connectivity index (χ0) is 18.6. The highest BCUT2D eigenvalue weighted by Gasteiger charge is 2.19. The summed E-state index contributed by atoms with van der Waals surface area (Å²) in [6.07, 6.45) is -1.12. The van der Waals surface area contributed by atoms with Crippen molar-refractivity contribution in [2.24, 2.45) is 5.14 Å². The number of nitrogens with one attached hydrogen (secondary N) is 1. The molecule has 0 aromatic heterocycles. The third-order valence-corrected chi connectivity index (χ3v) is 4.11. The standard InChI is InChI=1S/C16H15FN2O5S/c1-10(24-16(21)11-2-4-12(17)5-3-11)15(20)19-13-6-8-14(9-7-13)25(18,22)23/h2-10H,1H3,(H,19,20)(H2,18,22,23). The number of benzene rings is 2. The van der Waals surface area contributed by atoms with Crippen LogP contribution >= 0.6 is 0 Å². The van der Waals surface area contributed by atoms with E-state index < -0.39 is 33.8 Å². The first-order chi connectivity index (χ1) is 11.7. The summed E-state index contributed by atoms with van der Waals surface area (Å²) < 4.78 is 40.1. The summed E-state index contributed by atoms with van der Waals surface area (Å²) in [4.78, 5) is 23.8. The average Bonchev–Trinajstić information content (AvgIpc) is 2.55. The van der Waals surface area contributed by atoms with E-state index in [-0.39, 0.29) is 10.5 Å². The van der Waals surface area contributed by atoms with E-state index in [4.69, 9.17) is 9.88 Å². The number of hydrogen-bond acceptors (Lipinski definition) is 5. The molecule has 9 heteroatoms. The topological polar surface area (TPSA) is 116 Å². The van der Waals surface area contributed by atoms with Gasteiger partial charge in [-0.2, -0.15) is 0 Å². The predicted octanol–water partition coefficient (Wildman–Crippen LogP) is 1.66. The molecule has 1 atom stereocenters. The van der Waals surface area contributed by atoms with E-state index >= 15 is 0 Å². The number of ether oxygens (including phenoxy) is 1. The molecule has 0 heterocycles. The Labute approximate surface area is 143 Å². The molecule has 0 fully saturated rings. The van der Waals surface area contributed by atoms with Gasteiger partial charge in [0.15, 0.2) is 6.10 Å². The molecule has 0 saturated heterocycles. The van der Waals surface area contributed by atoms with Gasteiger partial charge in [-0.1, -0.05) is 0 Å². The lowest BCUT2D eigenvalue weighted by Crippen LogP contribution is -2.30. The van der Waals surface area contributed by atoms with Crippen molar-refractivity contribution in [1.29, 1.82) is 0 Å². The Balaban J connectivity index is 1.98. The average molecular weight is 366 g/mol. The van der Waals surface area contributed by atoms with Gasteiger partial charge >= 0.3 is 5.97 Å². The largest absolute Gasteiger partial charge is 0.449 e. The Morgan fingerprint density at radius 2 is 1.64 bits per heavy atom. The second-order valence-corrected chi connectivity index (χ2v) is 6.67. The molecule has 132 valence electrons. The van der Waals surface area contributed by atoms with Crippen molar-refractivity contribution >= 4 is 27.6 Å². The Morgan fingerprint density at radius 3 is 2.16 bits per heavy atom. The van der Waals surface area contributed by atoms with E-state index in [1.807, 2.05) is 0 Å². The first-order valence-electron chi connectivity index (χ1n) is 7.07. The van der Waals surface area contributed by atoms with E-state index in [1.54, 1.807) is 0 Å². The SMILES string of the molecule is CC(OC(=O)c1ccc(F)cc1)C(=O)Nc1ccc(S(N)(=O)=O)cc1. The van der Waals surface area contributed by atoms with Crippen LogP contribution in [0.3, 0.4) is 0 Å². The molecule has 7 nitrogen and oxygen atoms in total. The summed E-state index contributed by atoms with van der Waals surface area (Å²) in [5.41, 5.74) is 0.417. The van der Waals surface area contributed by atoms with Gasteiger partial charge in [0.1, 0.15) is 5.82 Å². The van der Waals surface area contributed by atoms with Crippen LogP contribution in [-0.4, -0.2) is 26.4 Å². The van der Waals surface area contributed by atoms with Gasteiger partial charge in [-0.15, -0.1) is 0 Å². The number of anilines is 1. The zero-order valence-electron chi connectivity index (χ0n) is 13.1. The number of primary sulfonamides is 1. The van der Waals surface area contributed by atoms with Crippen LogP contribution in [0.5, 0.6) is 0 Å². The summed E-state index contributed by atoms with van der Waals surface area (Å²) in [5.74, 6) is -1.88. The van der Waals surface area contributed by atoms with Crippen LogP contribution in [-0.2, 0) is 19.6 Å². The number of carbonyl (C=O) groups excluding carboxylic acids is 2. The molecular weight excluding hydrogens is 351 g/mol. The minimum atomic E-state index is -3.82. The van der Waals surface area contributed by atoms with Crippen LogP contribution in [0.15, 0.2) is 53.4 Å². The highest BCUT2D eigenvalue weighted by atomic mass is 32.2. The van der Waals surface area contributed by atoms with Gasteiger partial charge < -0.3 is 10.1 Å². The summed E-state index contributed by atoms with van der Waals surface area (Å²) in [5, 5.41) is 7.45. The molecule has 1 unspecified atom stereocenters. The van der Waals surface area contributed by atoms with Crippen molar-refractivity contribution in [1.82, 2.24) is 0 Å². The molecule has 1 amide bonds. The van der Waals surface area contributed by atoms with Crippen LogP contribution < -0.4 is 10.5 Å². The molecule has 0 aliphatic rings. The van der Waals surface area contributed by atoms with Crippen LogP contribution in [0, 0.1) is 5.82 Å². The second kappa shape index (κ2) is 7.41. The van der Waals surface area contributed by atoms with Crippen molar-refractivity contribution in [3.63, 3.8) is 0 Å². The molecule has 3 N–H and O–H groups in total. The molecule has 0 bridgehead atoms. The quantitative estimate of drug-likeness (QED) is 0.781. The monoisotopic (exact) mass is 366 g/mol. The van der Waals surface area contributed by atoms with Gasteiger partial charge in [-0.3, -0.25) is 4.79 Å². The highest BCUT2D eigenvalue weighted by molar-refractivity contribution is 7.89. The van der Waals surface area contributed by atoms with E-state index in [0.29, 0.717) is 5.69 Å². The number of nitrogens with two attached hydrogens (primary N) is 1. The molecule has 2 aromatic carbocycles. The molecule has 2 aromatic rings. The number of hydrogen-bond donors (Lipinski definition) is 2. The number of carbonyl (C=O) groups is 2. The van der Waals surface area contributed by atoms with Gasteiger partial charge in [-0.05, 0) is 55.5 Å². The maximum Gasteiger partial charge on any atom is 0.338 e. The minimum absolute atomic E-state index is 0.0960. The molecule has 0 radical (unpaired) electrons. The van der Waals surface area contributed by atoms with Crippen molar-refractivity contribution in [3.05, 3.63) is 59.9 Å². The maximum absolute atomic E-state index is 12.8. The van der Waals surface area contributed by atoms with Gasteiger partial charge in [0.25, 0.3) is 5.91 Å². The Morgan fingerprint density at radius 1 is 1.08 bits per heavy atom. The molecule has 0 aliphatic heterocycles. The Kier molecular flexibility index (Phi) is 5.50. The fraction of sp³-hybridized carbons (Fsp3) is 0.125. The molecule has 0 saturated carbocycles. The number of sulfonamides is 1. The van der Waals surface area contributed by atoms with E-state index in [2.05, 4.69) is 5.32 Å². The third-order valence-electron chi connectivity index (χ3n) is 3.18. The van der Waals surface area contributed by atoms with Crippen LogP contribution in [0.4, 0.5) is 10.1 Å². The summed E-state index contributed by atoms with van der Waals surface area (Å²) >= 11 is 0. The fourth-order valence-corrected chi connectivity index (χ4v) is 2.36. The normalized spacial score (nSPS) is 12.3. The number of rotatable bonds is 5. The lowest BCUT2D eigenvalue weighted by atomic mass is 10.2. The Bertz CT molecular complexity index is 880. The van der Waals surface area contributed by atoms with E-state index in [0.717, 1.165) is 12.1 Å². The molecular formula is C16H15FN2O5S. The smallest absolute Gasteiger partial charge is 0.338 e. The lowest BCUT2D eigenvalue weighted by Gasteiger charge is -2.13. The first kappa shape index (κ1) is 18.6. The first-order valence-corrected chi connectivity index (χ1v) is 8.62. The minimum Gasteiger partial charge on any atom is -0.449 e. The zero-order valence-corrected chi connectivity index (χ0v) is 13.9. The number of halogens is 1. The maximum atomic E-state index is 12.8. The lowest BCUT2D eigenvalue weighted by molar-refractivity contribution is -0.123. The van der Waals surface area contributed by atoms with E-state index in [1.165, 1.54) is 43.3 Å². The third kappa shape index (κ3) is 5.10. The van der Waals surface area contributed by atoms with Crippen molar-refractivity contribution in [2.45, 2.75) is 17.9 Å². The van der Waals surface area contributed by atoms with Gasteiger partial charge in [-0.25, -0.2) is 22.7 Å². The Hall–Kier alpha value is -2.78. The fourth-order valence-electron chi connectivity index (χ4n) is 1.84. The van der Waals surface area contributed by atoms with Crippen LogP contribution in [0.1, 0.15) is 17.3 Å². The molecule has 2 rings (SSSR count). The molecule has 0 spiro atoms. The van der Waals surface area contributed by atoms with E-state index in [9.17, 15) is 22.4 Å².